The Labute approximate surface area is 181 Å². The van der Waals surface area contributed by atoms with Gasteiger partial charge in [-0.3, -0.25) is 4.79 Å². The fourth-order valence-corrected chi connectivity index (χ4v) is 3.02. The highest BCUT2D eigenvalue weighted by atomic mass is 16.5. The number of nitrogens with zero attached hydrogens (tertiary/aromatic N) is 2. The molecule has 0 atom stereocenters. The number of para-hydroxylation sites is 1. The van der Waals surface area contributed by atoms with Crippen molar-refractivity contribution in [1.82, 2.24) is 0 Å². The minimum atomic E-state index is -0.485. The first-order valence-corrected chi connectivity index (χ1v) is 9.72. The maximum absolute atomic E-state index is 12.7. The number of nitriles is 2. The summed E-state index contributed by atoms with van der Waals surface area (Å²) < 4.78 is 5.91. The second kappa shape index (κ2) is 9.91. The van der Waals surface area contributed by atoms with E-state index in [2.05, 4.69) is 11.4 Å². The Bertz CT molecular complexity index is 1230. The summed E-state index contributed by atoms with van der Waals surface area (Å²) in [5, 5.41) is 21.6. The lowest BCUT2D eigenvalue weighted by molar-refractivity contribution is -0.112. The summed E-state index contributed by atoms with van der Waals surface area (Å²) in [4.78, 5) is 12.7. The number of ether oxygens (including phenoxy) is 1. The van der Waals surface area contributed by atoms with Gasteiger partial charge in [0.25, 0.3) is 5.91 Å². The Morgan fingerprint density at radius 2 is 1.74 bits per heavy atom. The van der Waals surface area contributed by atoms with E-state index in [1.54, 1.807) is 36.4 Å². The molecular weight excluding hydrogens is 386 g/mol. The van der Waals surface area contributed by atoms with Crippen LogP contribution in [-0.2, 0) is 11.4 Å². The Hall–Kier alpha value is -4.35. The zero-order valence-corrected chi connectivity index (χ0v) is 17.3. The number of carbonyl (C=O) groups is 1. The predicted octanol–water partition coefficient (Wildman–Crippen LogP) is 5.30. The van der Waals surface area contributed by atoms with Crippen molar-refractivity contribution >= 4 is 17.7 Å². The van der Waals surface area contributed by atoms with Gasteiger partial charge in [0.15, 0.2) is 0 Å². The Balaban J connectivity index is 1.83. The van der Waals surface area contributed by atoms with Gasteiger partial charge in [-0.15, -0.1) is 0 Å². The summed E-state index contributed by atoms with van der Waals surface area (Å²) in [7, 11) is 0. The van der Waals surface area contributed by atoms with Crippen LogP contribution >= 0.6 is 0 Å². The van der Waals surface area contributed by atoms with Gasteiger partial charge in [0.05, 0.1) is 11.6 Å². The molecular formula is C26H21N3O2. The van der Waals surface area contributed by atoms with Gasteiger partial charge in [0.2, 0.25) is 0 Å². The van der Waals surface area contributed by atoms with Crippen LogP contribution < -0.4 is 10.1 Å². The molecule has 3 aromatic rings. The molecule has 0 radical (unpaired) electrons. The van der Waals surface area contributed by atoms with Gasteiger partial charge < -0.3 is 10.1 Å². The Kier molecular flexibility index (Phi) is 6.83. The molecule has 0 aliphatic carbocycles. The molecule has 0 aromatic heterocycles. The number of carbonyl (C=O) groups excluding carboxylic acids is 1. The van der Waals surface area contributed by atoms with Crippen LogP contribution in [0.25, 0.3) is 6.08 Å². The van der Waals surface area contributed by atoms with E-state index < -0.39 is 5.91 Å². The molecule has 5 nitrogen and oxygen atoms in total. The maximum atomic E-state index is 12.7. The summed E-state index contributed by atoms with van der Waals surface area (Å²) in [6.45, 7) is 4.08. The third-order valence-electron chi connectivity index (χ3n) is 4.96. The van der Waals surface area contributed by atoms with Crippen LogP contribution in [0, 0.1) is 36.5 Å². The van der Waals surface area contributed by atoms with Crippen molar-refractivity contribution in [2.24, 2.45) is 0 Å². The van der Waals surface area contributed by atoms with Crippen molar-refractivity contribution in [2.45, 2.75) is 20.5 Å². The number of hydrogen-bond donors (Lipinski definition) is 1. The molecule has 5 heteroatoms. The van der Waals surface area contributed by atoms with Crippen LogP contribution in [0.15, 0.2) is 72.3 Å². The van der Waals surface area contributed by atoms with E-state index in [4.69, 9.17) is 4.74 Å². The number of nitrogens with one attached hydrogen (secondary N) is 1. The van der Waals surface area contributed by atoms with Gasteiger partial charge in [0, 0.05) is 16.8 Å². The molecule has 3 rings (SSSR count). The number of anilines is 1. The highest BCUT2D eigenvalue weighted by Gasteiger charge is 2.13. The van der Waals surface area contributed by atoms with Gasteiger partial charge in [-0.05, 0) is 49.2 Å². The van der Waals surface area contributed by atoms with Crippen molar-refractivity contribution in [1.29, 1.82) is 10.5 Å². The van der Waals surface area contributed by atoms with Crippen molar-refractivity contribution in [2.75, 3.05) is 5.32 Å². The first-order valence-electron chi connectivity index (χ1n) is 9.72. The van der Waals surface area contributed by atoms with E-state index in [-0.39, 0.29) is 12.2 Å². The van der Waals surface area contributed by atoms with Crippen LogP contribution in [-0.4, -0.2) is 5.91 Å². The SMILES string of the molecule is Cc1cccc(NC(=O)/C(C#N)=C/c2ccccc2OCc2ccccc2C#N)c1C. The number of rotatable bonds is 6. The Morgan fingerprint density at radius 1 is 1.00 bits per heavy atom. The summed E-state index contributed by atoms with van der Waals surface area (Å²) in [5.41, 5.74) is 4.55. The molecule has 0 fully saturated rings. The largest absolute Gasteiger partial charge is 0.488 e. The highest BCUT2D eigenvalue weighted by Crippen LogP contribution is 2.24. The number of hydrogen-bond acceptors (Lipinski definition) is 4. The lowest BCUT2D eigenvalue weighted by Gasteiger charge is -2.12. The normalized spacial score (nSPS) is 10.6. The quantitative estimate of drug-likeness (QED) is 0.444. The zero-order chi connectivity index (χ0) is 22.2. The summed E-state index contributed by atoms with van der Waals surface area (Å²) in [5.74, 6) is 0.0309. The van der Waals surface area contributed by atoms with Gasteiger partial charge in [-0.1, -0.05) is 48.5 Å². The van der Waals surface area contributed by atoms with Crippen LogP contribution in [0.5, 0.6) is 5.75 Å². The monoisotopic (exact) mass is 407 g/mol. The fraction of sp³-hybridized carbons (Fsp3) is 0.115. The average molecular weight is 407 g/mol. The summed E-state index contributed by atoms with van der Waals surface area (Å²) in [6, 6.07) is 24.1. The molecule has 0 bridgehead atoms. The lowest BCUT2D eigenvalue weighted by Crippen LogP contribution is -2.14. The van der Waals surface area contributed by atoms with Crippen LogP contribution in [0.4, 0.5) is 5.69 Å². The molecule has 0 aliphatic heterocycles. The molecule has 0 spiro atoms. The minimum absolute atomic E-state index is 0.0330. The maximum Gasteiger partial charge on any atom is 0.266 e. The van der Waals surface area contributed by atoms with Crippen LogP contribution in [0.2, 0.25) is 0 Å². The first-order chi connectivity index (χ1) is 15.0. The molecule has 31 heavy (non-hydrogen) atoms. The Morgan fingerprint density at radius 3 is 2.52 bits per heavy atom. The molecule has 0 aliphatic rings. The van der Waals surface area contributed by atoms with Crippen molar-refractivity contribution in [3.8, 4) is 17.9 Å². The van der Waals surface area contributed by atoms with Crippen LogP contribution in [0.1, 0.15) is 27.8 Å². The zero-order valence-electron chi connectivity index (χ0n) is 17.3. The topological polar surface area (TPSA) is 85.9 Å². The first kappa shape index (κ1) is 21.4. The smallest absolute Gasteiger partial charge is 0.266 e. The third kappa shape index (κ3) is 5.18. The van der Waals surface area contributed by atoms with E-state index in [1.807, 2.05) is 50.2 Å². The molecule has 0 heterocycles. The van der Waals surface area contributed by atoms with Gasteiger partial charge in [0.1, 0.15) is 24.0 Å². The highest BCUT2D eigenvalue weighted by molar-refractivity contribution is 6.10. The van der Waals surface area contributed by atoms with Crippen molar-refractivity contribution < 1.29 is 9.53 Å². The summed E-state index contributed by atoms with van der Waals surface area (Å²) in [6.07, 6.45) is 1.51. The standard InChI is InChI=1S/C26H21N3O2/c1-18-8-7-12-24(19(18)2)29-26(30)23(16-28)14-20-9-5-6-13-25(20)31-17-22-11-4-3-10-21(22)15-27/h3-14H,17H2,1-2H3,(H,29,30)/b23-14+. The minimum Gasteiger partial charge on any atom is -0.488 e. The van der Waals surface area contributed by atoms with E-state index >= 15 is 0 Å². The molecule has 0 saturated heterocycles. The van der Waals surface area contributed by atoms with Crippen LogP contribution in [0.3, 0.4) is 0 Å². The summed E-state index contributed by atoms with van der Waals surface area (Å²) >= 11 is 0. The third-order valence-corrected chi connectivity index (χ3v) is 4.96. The van der Waals surface area contributed by atoms with E-state index in [1.165, 1.54) is 6.08 Å². The molecule has 152 valence electrons. The van der Waals surface area contributed by atoms with Gasteiger partial charge in [-0.2, -0.15) is 10.5 Å². The number of aryl methyl sites for hydroxylation is 1. The predicted molar refractivity (Wildman–Crippen MR) is 120 cm³/mol. The van der Waals surface area contributed by atoms with E-state index in [9.17, 15) is 15.3 Å². The fourth-order valence-electron chi connectivity index (χ4n) is 3.02. The number of benzene rings is 3. The molecule has 0 unspecified atom stereocenters. The molecule has 0 saturated carbocycles. The molecule has 1 amide bonds. The number of amides is 1. The molecule has 1 N–H and O–H groups in total. The lowest BCUT2D eigenvalue weighted by atomic mass is 10.1. The average Bonchev–Trinajstić information content (AvgIpc) is 2.79. The van der Waals surface area contributed by atoms with Gasteiger partial charge >= 0.3 is 0 Å². The van der Waals surface area contributed by atoms with Crippen molar-refractivity contribution in [3.63, 3.8) is 0 Å². The van der Waals surface area contributed by atoms with E-state index in [0.29, 0.717) is 22.6 Å². The molecule has 3 aromatic carbocycles. The second-order valence-corrected chi connectivity index (χ2v) is 6.97. The second-order valence-electron chi connectivity index (χ2n) is 6.97. The van der Waals surface area contributed by atoms with E-state index in [0.717, 1.165) is 16.7 Å². The van der Waals surface area contributed by atoms with Crippen molar-refractivity contribution in [3.05, 3.63) is 100 Å². The van der Waals surface area contributed by atoms with Gasteiger partial charge in [-0.25, -0.2) is 0 Å².